The number of benzene rings is 1. The van der Waals surface area contributed by atoms with E-state index in [1.165, 1.54) is 11.3 Å². The third-order valence-corrected chi connectivity index (χ3v) is 5.09. The van der Waals surface area contributed by atoms with Crippen molar-refractivity contribution in [3.63, 3.8) is 0 Å². The summed E-state index contributed by atoms with van der Waals surface area (Å²) >= 11 is 9.51. The molecule has 1 N–H and O–H groups in total. The van der Waals surface area contributed by atoms with Gasteiger partial charge in [-0.15, -0.1) is 11.3 Å². The van der Waals surface area contributed by atoms with Gasteiger partial charge in [-0.2, -0.15) is 0 Å². The second kappa shape index (κ2) is 7.38. The molecular formula is C15H13ClINO2S. The van der Waals surface area contributed by atoms with Gasteiger partial charge in [0.2, 0.25) is 5.91 Å². The van der Waals surface area contributed by atoms with Gasteiger partial charge in [0, 0.05) is 10.4 Å². The molecule has 0 atom stereocenters. The molecule has 0 unspecified atom stereocenters. The number of alkyl halides is 1. The van der Waals surface area contributed by atoms with Gasteiger partial charge in [-0.05, 0) is 24.6 Å². The number of carbonyl (C=O) groups excluding carboxylic acids is 2. The van der Waals surface area contributed by atoms with Crippen LogP contribution in [0.15, 0.2) is 30.3 Å². The summed E-state index contributed by atoms with van der Waals surface area (Å²) in [5.41, 5.74) is 0.952. The first-order valence-electron chi connectivity index (χ1n) is 6.34. The first-order valence-corrected chi connectivity index (χ1v) is 9.06. The zero-order valence-electron chi connectivity index (χ0n) is 11.3. The van der Waals surface area contributed by atoms with Gasteiger partial charge >= 0.3 is 0 Å². The van der Waals surface area contributed by atoms with E-state index in [9.17, 15) is 9.59 Å². The van der Waals surface area contributed by atoms with E-state index in [2.05, 4.69) is 5.32 Å². The van der Waals surface area contributed by atoms with E-state index in [4.69, 9.17) is 11.6 Å². The minimum Gasteiger partial charge on any atom is -0.316 e. The molecule has 6 heteroatoms. The van der Waals surface area contributed by atoms with E-state index in [1.807, 2.05) is 35.6 Å². The summed E-state index contributed by atoms with van der Waals surface area (Å²) in [5.74, 6) is -0.284. The van der Waals surface area contributed by atoms with E-state index in [-0.39, 0.29) is 11.7 Å². The minimum absolute atomic E-state index is 0.117. The van der Waals surface area contributed by atoms with Crippen LogP contribution in [0.4, 0.5) is 5.00 Å². The van der Waals surface area contributed by atoms with Crippen molar-refractivity contribution in [2.45, 2.75) is 13.3 Å². The van der Waals surface area contributed by atoms with Crippen molar-refractivity contribution in [2.24, 2.45) is 0 Å². The number of nitrogens with one attached hydrogen (secondary N) is 1. The Kier molecular flexibility index (Phi) is 5.78. The summed E-state index contributed by atoms with van der Waals surface area (Å²) in [6.07, 6.45) is 0.813. The molecule has 0 aliphatic carbocycles. The molecule has 0 bridgehead atoms. The van der Waals surface area contributed by atoms with Crippen LogP contribution < -0.4 is 5.32 Å². The largest absolute Gasteiger partial charge is 0.316 e. The fraction of sp³-hybridized carbons (Fsp3) is 0.200. The smallest absolute Gasteiger partial charge is 0.234 e. The lowest BCUT2D eigenvalue weighted by Gasteiger charge is -2.05. The van der Waals surface area contributed by atoms with Crippen molar-refractivity contribution in [1.29, 1.82) is 0 Å². The summed E-state index contributed by atoms with van der Waals surface area (Å²) < 4.78 is 0.344. The maximum atomic E-state index is 12.7. The monoisotopic (exact) mass is 433 g/mol. The highest BCUT2D eigenvalue weighted by Crippen LogP contribution is 2.32. The van der Waals surface area contributed by atoms with Gasteiger partial charge in [0.25, 0.3) is 0 Å². The highest BCUT2D eigenvalue weighted by atomic mass is 127. The fourth-order valence-corrected chi connectivity index (χ4v) is 3.25. The Morgan fingerprint density at radius 1 is 1.29 bits per heavy atom. The number of thiophene rings is 1. The topological polar surface area (TPSA) is 46.2 Å². The zero-order valence-corrected chi connectivity index (χ0v) is 15.0. The average molecular weight is 434 g/mol. The van der Waals surface area contributed by atoms with E-state index in [1.54, 1.807) is 24.3 Å². The second-order valence-corrected chi connectivity index (χ2v) is 6.61. The standard InChI is InChI=1S/C15H13ClINO2S/c1-2-9-7-11(15(21-9)18-13(19)8-17)14(20)10-5-3-4-6-12(10)16/h3-7H,2,8H2,1H3,(H,18,19). The summed E-state index contributed by atoms with van der Waals surface area (Å²) in [4.78, 5) is 25.3. The van der Waals surface area contributed by atoms with Crippen LogP contribution in [-0.2, 0) is 11.2 Å². The Morgan fingerprint density at radius 2 is 2.00 bits per heavy atom. The van der Waals surface area contributed by atoms with Gasteiger partial charge in [0.15, 0.2) is 5.78 Å². The molecule has 3 nitrogen and oxygen atoms in total. The highest BCUT2D eigenvalue weighted by Gasteiger charge is 2.20. The number of rotatable bonds is 5. The van der Waals surface area contributed by atoms with Gasteiger partial charge in [0.1, 0.15) is 5.00 Å². The molecule has 2 rings (SSSR count). The molecular weight excluding hydrogens is 421 g/mol. The molecule has 0 fully saturated rings. The van der Waals surface area contributed by atoms with Crippen molar-refractivity contribution in [3.8, 4) is 0 Å². The quantitative estimate of drug-likeness (QED) is 0.426. The number of aryl methyl sites for hydroxylation is 1. The summed E-state index contributed by atoms with van der Waals surface area (Å²) in [6, 6.07) is 8.76. The van der Waals surface area contributed by atoms with Crippen molar-refractivity contribution in [2.75, 3.05) is 9.74 Å². The lowest BCUT2D eigenvalue weighted by atomic mass is 10.0. The molecule has 1 heterocycles. The zero-order chi connectivity index (χ0) is 15.4. The van der Waals surface area contributed by atoms with E-state index < -0.39 is 0 Å². The molecule has 0 aliphatic heterocycles. The molecule has 0 saturated heterocycles. The van der Waals surface area contributed by atoms with Crippen LogP contribution in [0.1, 0.15) is 27.7 Å². The van der Waals surface area contributed by atoms with Crippen LogP contribution in [0.5, 0.6) is 0 Å². The molecule has 110 valence electrons. The molecule has 1 aromatic carbocycles. The molecule has 0 aliphatic rings. The maximum Gasteiger partial charge on any atom is 0.234 e. The third kappa shape index (κ3) is 3.84. The Hall–Kier alpha value is -0.920. The first kappa shape index (κ1) is 16.5. The summed E-state index contributed by atoms with van der Waals surface area (Å²) in [6.45, 7) is 2.01. The first-order chi connectivity index (χ1) is 10.1. The molecule has 1 aromatic heterocycles. The Labute approximate surface area is 145 Å². The molecule has 0 spiro atoms. The lowest BCUT2D eigenvalue weighted by Crippen LogP contribution is -2.14. The van der Waals surface area contributed by atoms with Gasteiger partial charge in [-0.1, -0.05) is 53.2 Å². The van der Waals surface area contributed by atoms with Gasteiger partial charge in [0.05, 0.1) is 15.0 Å². The minimum atomic E-state index is -0.166. The Morgan fingerprint density at radius 3 is 2.62 bits per heavy atom. The van der Waals surface area contributed by atoms with Crippen LogP contribution in [0, 0.1) is 0 Å². The van der Waals surface area contributed by atoms with Gasteiger partial charge < -0.3 is 5.32 Å². The van der Waals surface area contributed by atoms with Crippen LogP contribution in [0.25, 0.3) is 0 Å². The highest BCUT2D eigenvalue weighted by molar-refractivity contribution is 14.1. The predicted octanol–water partition coefficient (Wildman–Crippen LogP) is 4.57. The second-order valence-electron chi connectivity index (χ2n) is 4.30. The Bertz CT molecular complexity index is 684. The van der Waals surface area contributed by atoms with E-state index in [0.29, 0.717) is 25.6 Å². The van der Waals surface area contributed by atoms with Crippen LogP contribution in [-0.4, -0.2) is 16.1 Å². The van der Waals surface area contributed by atoms with Crippen LogP contribution in [0.2, 0.25) is 5.02 Å². The number of anilines is 1. The molecule has 1 amide bonds. The number of hydrogen-bond donors (Lipinski definition) is 1. The van der Waals surface area contributed by atoms with Crippen molar-refractivity contribution < 1.29 is 9.59 Å². The normalized spacial score (nSPS) is 10.4. The number of amides is 1. The number of carbonyl (C=O) groups is 2. The van der Waals surface area contributed by atoms with Crippen molar-refractivity contribution >= 4 is 62.2 Å². The number of halogens is 2. The molecule has 0 radical (unpaired) electrons. The molecule has 21 heavy (non-hydrogen) atoms. The lowest BCUT2D eigenvalue weighted by molar-refractivity contribution is -0.113. The van der Waals surface area contributed by atoms with E-state index >= 15 is 0 Å². The molecule has 0 saturated carbocycles. The number of ketones is 1. The van der Waals surface area contributed by atoms with Crippen LogP contribution >= 0.6 is 45.5 Å². The Balaban J connectivity index is 2.42. The maximum absolute atomic E-state index is 12.7. The van der Waals surface area contributed by atoms with E-state index in [0.717, 1.165) is 11.3 Å². The third-order valence-electron chi connectivity index (χ3n) is 2.87. The average Bonchev–Trinajstić information content (AvgIpc) is 2.90. The summed E-state index contributed by atoms with van der Waals surface area (Å²) in [7, 11) is 0. The SMILES string of the molecule is CCc1cc(C(=O)c2ccccc2Cl)c(NC(=O)CI)s1. The van der Waals surface area contributed by atoms with Gasteiger partial charge in [-0.3, -0.25) is 9.59 Å². The molecule has 2 aromatic rings. The summed E-state index contributed by atoms with van der Waals surface area (Å²) in [5, 5.41) is 3.80. The predicted molar refractivity (Wildman–Crippen MR) is 96.1 cm³/mol. The van der Waals surface area contributed by atoms with Crippen molar-refractivity contribution in [1.82, 2.24) is 0 Å². The number of hydrogen-bond acceptors (Lipinski definition) is 3. The van der Waals surface area contributed by atoms with Gasteiger partial charge in [-0.25, -0.2) is 0 Å². The fourth-order valence-electron chi connectivity index (χ4n) is 1.83. The van der Waals surface area contributed by atoms with Crippen molar-refractivity contribution in [3.05, 3.63) is 51.4 Å². The van der Waals surface area contributed by atoms with Crippen LogP contribution in [0.3, 0.4) is 0 Å².